The van der Waals surface area contributed by atoms with Crippen molar-refractivity contribution in [3.05, 3.63) is 17.6 Å². The van der Waals surface area contributed by atoms with Crippen molar-refractivity contribution in [2.24, 2.45) is 4.99 Å². The summed E-state index contributed by atoms with van der Waals surface area (Å²) in [5, 5.41) is 2.96. The molecule has 0 saturated heterocycles. The van der Waals surface area contributed by atoms with Crippen molar-refractivity contribution in [1.29, 1.82) is 0 Å². The van der Waals surface area contributed by atoms with E-state index >= 15 is 0 Å². The van der Waals surface area contributed by atoms with E-state index in [2.05, 4.69) is 20.3 Å². The van der Waals surface area contributed by atoms with Crippen LogP contribution < -0.4 is 5.32 Å². The zero-order valence-corrected chi connectivity index (χ0v) is 6.20. The zero-order chi connectivity index (χ0) is 7.68. The molecule has 2 heterocycles. The highest BCUT2D eigenvalue weighted by atomic mass is 15.1. The van der Waals surface area contributed by atoms with E-state index in [1.165, 1.54) is 0 Å². The third kappa shape index (κ3) is 1.07. The van der Waals surface area contributed by atoms with Crippen LogP contribution in [0.15, 0.2) is 11.2 Å². The van der Waals surface area contributed by atoms with Crippen molar-refractivity contribution in [3.63, 3.8) is 0 Å². The topological polar surface area (TPSA) is 50.2 Å². The second-order valence-corrected chi connectivity index (χ2v) is 2.41. The molecule has 11 heavy (non-hydrogen) atoms. The van der Waals surface area contributed by atoms with E-state index in [1.807, 2.05) is 6.92 Å². The number of nitrogens with zero attached hydrogens (tertiary/aromatic N) is 3. The molecule has 0 saturated carbocycles. The van der Waals surface area contributed by atoms with E-state index in [9.17, 15) is 0 Å². The van der Waals surface area contributed by atoms with Gasteiger partial charge in [0.15, 0.2) is 0 Å². The maximum absolute atomic E-state index is 4.20. The first kappa shape index (κ1) is 6.27. The molecule has 1 aliphatic heterocycles. The molecule has 0 spiro atoms. The Bertz CT molecular complexity index is 305. The van der Waals surface area contributed by atoms with E-state index in [4.69, 9.17) is 0 Å². The first-order chi connectivity index (χ1) is 5.36. The normalized spacial score (nSPS) is 13.9. The lowest BCUT2D eigenvalue weighted by atomic mass is 10.3. The van der Waals surface area contributed by atoms with Gasteiger partial charge in [-0.25, -0.2) is 9.97 Å². The van der Waals surface area contributed by atoms with Gasteiger partial charge in [0.2, 0.25) is 0 Å². The molecular formula is C7H8N4. The predicted molar refractivity (Wildman–Crippen MR) is 42.6 cm³/mol. The van der Waals surface area contributed by atoms with E-state index < -0.39 is 0 Å². The van der Waals surface area contributed by atoms with Crippen molar-refractivity contribution in [2.45, 2.75) is 13.5 Å². The summed E-state index contributed by atoms with van der Waals surface area (Å²) in [6.45, 7) is 2.55. The number of fused-ring (bicyclic) bond motifs is 1. The largest absolute Gasteiger partial charge is 0.331 e. The number of hydrogen-bond donors (Lipinski definition) is 1. The SMILES string of the molecule is Cc1ncc2c(n1)NC=NC2. The number of nitrogens with one attached hydrogen (secondary N) is 1. The van der Waals surface area contributed by atoms with Crippen molar-refractivity contribution < 1.29 is 0 Å². The molecule has 0 bridgehead atoms. The Kier molecular flexibility index (Phi) is 1.31. The van der Waals surface area contributed by atoms with Crippen LogP contribution in [0, 0.1) is 6.92 Å². The summed E-state index contributed by atoms with van der Waals surface area (Å²) in [4.78, 5) is 12.3. The van der Waals surface area contributed by atoms with Gasteiger partial charge in [0.25, 0.3) is 0 Å². The summed E-state index contributed by atoms with van der Waals surface area (Å²) in [6, 6.07) is 0. The fourth-order valence-electron chi connectivity index (χ4n) is 0.986. The Balaban J connectivity index is 2.48. The summed E-state index contributed by atoms with van der Waals surface area (Å²) in [6.07, 6.45) is 3.47. The molecule has 1 aromatic rings. The highest BCUT2D eigenvalue weighted by Gasteiger charge is 2.05. The molecule has 2 rings (SSSR count). The molecule has 1 aromatic heterocycles. The summed E-state index contributed by atoms with van der Waals surface area (Å²) in [5.74, 6) is 1.67. The quantitative estimate of drug-likeness (QED) is 0.590. The lowest BCUT2D eigenvalue weighted by Crippen LogP contribution is -2.08. The molecule has 0 fully saturated rings. The molecule has 4 nitrogen and oxygen atoms in total. The third-order valence-corrected chi connectivity index (χ3v) is 1.54. The Morgan fingerprint density at radius 3 is 3.36 bits per heavy atom. The first-order valence-electron chi connectivity index (χ1n) is 3.43. The lowest BCUT2D eigenvalue weighted by Gasteiger charge is -2.09. The molecule has 1 aliphatic rings. The average Bonchev–Trinajstić information content (AvgIpc) is 2.04. The molecule has 0 aliphatic carbocycles. The van der Waals surface area contributed by atoms with Gasteiger partial charge in [0, 0.05) is 11.8 Å². The highest BCUT2D eigenvalue weighted by Crippen LogP contribution is 2.14. The third-order valence-electron chi connectivity index (χ3n) is 1.54. The van der Waals surface area contributed by atoms with Crippen molar-refractivity contribution in [3.8, 4) is 0 Å². The second-order valence-electron chi connectivity index (χ2n) is 2.41. The van der Waals surface area contributed by atoms with Gasteiger partial charge in [-0.3, -0.25) is 4.99 Å². The fourth-order valence-corrected chi connectivity index (χ4v) is 0.986. The molecule has 4 heteroatoms. The van der Waals surface area contributed by atoms with Gasteiger partial charge in [-0.15, -0.1) is 0 Å². The Morgan fingerprint density at radius 2 is 2.45 bits per heavy atom. The van der Waals surface area contributed by atoms with Gasteiger partial charge in [-0.05, 0) is 6.92 Å². The molecule has 1 N–H and O–H groups in total. The number of hydrogen-bond acceptors (Lipinski definition) is 4. The number of aromatic nitrogens is 2. The maximum Gasteiger partial charge on any atom is 0.139 e. The number of rotatable bonds is 0. The van der Waals surface area contributed by atoms with Gasteiger partial charge in [0.05, 0.1) is 12.9 Å². The van der Waals surface area contributed by atoms with E-state index in [1.54, 1.807) is 12.5 Å². The predicted octanol–water partition coefficient (Wildman–Crippen LogP) is 0.739. The summed E-state index contributed by atoms with van der Waals surface area (Å²) in [5.41, 5.74) is 1.05. The zero-order valence-electron chi connectivity index (χ0n) is 6.20. The van der Waals surface area contributed by atoms with Crippen LogP contribution in [-0.4, -0.2) is 16.3 Å². The van der Waals surface area contributed by atoms with E-state index in [0.717, 1.165) is 17.2 Å². The van der Waals surface area contributed by atoms with Gasteiger partial charge < -0.3 is 5.32 Å². The monoisotopic (exact) mass is 148 g/mol. The van der Waals surface area contributed by atoms with Crippen molar-refractivity contribution in [2.75, 3.05) is 5.32 Å². The standard InChI is InChI=1S/C7H8N4/c1-5-9-3-6-2-8-4-10-7(6)11-5/h3-4H,2H2,1H3,(H,8,9,10,11). The van der Waals surface area contributed by atoms with E-state index in [0.29, 0.717) is 6.54 Å². The summed E-state index contributed by atoms with van der Waals surface area (Å²) >= 11 is 0. The molecule has 0 amide bonds. The Labute approximate surface area is 64.4 Å². The van der Waals surface area contributed by atoms with Crippen molar-refractivity contribution >= 4 is 12.2 Å². The van der Waals surface area contributed by atoms with Gasteiger partial charge in [0.1, 0.15) is 11.6 Å². The van der Waals surface area contributed by atoms with Gasteiger partial charge in [-0.1, -0.05) is 0 Å². The number of aliphatic imine (C=N–C) groups is 1. The molecular weight excluding hydrogens is 140 g/mol. The molecule has 0 atom stereocenters. The molecule has 0 aromatic carbocycles. The average molecular weight is 148 g/mol. The first-order valence-corrected chi connectivity index (χ1v) is 3.43. The lowest BCUT2D eigenvalue weighted by molar-refractivity contribution is 0.964. The van der Waals surface area contributed by atoms with Crippen LogP contribution in [0.5, 0.6) is 0 Å². The van der Waals surface area contributed by atoms with Crippen LogP contribution in [0.2, 0.25) is 0 Å². The van der Waals surface area contributed by atoms with Crippen LogP contribution in [0.3, 0.4) is 0 Å². The maximum atomic E-state index is 4.20. The summed E-state index contributed by atoms with van der Waals surface area (Å²) in [7, 11) is 0. The van der Waals surface area contributed by atoms with Crippen LogP contribution >= 0.6 is 0 Å². The van der Waals surface area contributed by atoms with Crippen molar-refractivity contribution in [1.82, 2.24) is 9.97 Å². The number of anilines is 1. The molecule has 56 valence electrons. The van der Waals surface area contributed by atoms with Gasteiger partial charge >= 0.3 is 0 Å². The van der Waals surface area contributed by atoms with Gasteiger partial charge in [-0.2, -0.15) is 0 Å². The minimum atomic E-state index is 0.683. The number of aryl methyl sites for hydroxylation is 1. The second kappa shape index (κ2) is 2.30. The molecule has 0 unspecified atom stereocenters. The van der Waals surface area contributed by atoms with Crippen LogP contribution in [0.25, 0.3) is 0 Å². The smallest absolute Gasteiger partial charge is 0.139 e. The summed E-state index contributed by atoms with van der Waals surface area (Å²) < 4.78 is 0. The van der Waals surface area contributed by atoms with Crippen LogP contribution in [0.1, 0.15) is 11.4 Å². The Morgan fingerprint density at radius 1 is 1.55 bits per heavy atom. The fraction of sp³-hybridized carbons (Fsp3) is 0.286. The Hall–Kier alpha value is -1.45. The minimum absolute atomic E-state index is 0.683. The van der Waals surface area contributed by atoms with Crippen LogP contribution in [0.4, 0.5) is 5.82 Å². The minimum Gasteiger partial charge on any atom is -0.331 e. The molecule has 0 radical (unpaired) electrons. The highest BCUT2D eigenvalue weighted by molar-refractivity contribution is 5.77. The van der Waals surface area contributed by atoms with E-state index in [-0.39, 0.29) is 0 Å². The van der Waals surface area contributed by atoms with Crippen LogP contribution in [-0.2, 0) is 6.54 Å².